The molecule has 1 aromatic carbocycles. The predicted molar refractivity (Wildman–Crippen MR) is 83.8 cm³/mol. The van der Waals surface area contributed by atoms with Crippen LogP contribution in [0.4, 0.5) is 5.13 Å². The third-order valence-corrected chi connectivity index (χ3v) is 4.93. The lowest BCUT2D eigenvalue weighted by Crippen LogP contribution is -2.07. The molecule has 0 saturated carbocycles. The average molecular weight is 325 g/mol. The quantitative estimate of drug-likeness (QED) is 0.818. The van der Waals surface area contributed by atoms with Crippen molar-refractivity contribution in [3.05, 3.63) is 29.3 Å². The van der Waals surface area contributed by atoms with Crippen LogP contribution in [0.3, 0.4) is 0 Å². The zero-order valence-corrected chi connectivity index (χ0v) is 13.5. The Hall–Kier alpha value is -1.80. The highest BCUT2D eigenvalue weighted by Gasteiger charge is 2.11. The highest BCUT2D eigenvalue weighted by atomic mass is 32.2. The van der Waals surface area contributed by atoms with Crippen LogP contribution in [0.5, 0.6) is 5.75 Å². The number of carbonyl (C=O) groups is 1. The molecule has 0 aliphatic carbocycles. The van der Waals surface area contributed by atoms with E-state index in [4.69, 9.17) is 9.84 Å². The molecule has 0 saturated heterocycles. The van der Waals surface area contributed by atoms with Crippen molar-refractivity contribution in [3.63, 3.8) is 0 Å². The molecule has 112 valence electrons. The molecular formula is C13H15N3O3S2. The number of aromatic carboxylic acids is 1. The maximum absolute atomic E-state index is 11.0. The Labute approximate surface area is 130 Å². The lowest BCUT2D eigenvalue weighted by molar-refractivity contribution is 0.0696. The van der Waals surface area contributed by atoms with E-state index in [2.05, 4.69) is 10.2 Å². The van der Waals surface area contributed by atoms with Gasteiger partial charge in [-0.3, -0.25) is 0 Å². The summed E-state index contributed by atoms with van der Waals surface area (Å²) in [7, 11) is 5.39. The summed E-state index contributed by atoms with van der Waals surface area (Å²) >= 11 is 3.00. The van der Waals surface area contributed by atoms with Crippen LogP contribution >= 0.6 is 23.1 Å². The van der Waals surface area contributed by atoms with Gasteiger partial charge in [-0.2, -0.15) is 0 Å². The van der Waals surface area contributed by atoms with Gasteiger partial charge in [0.15, 0.2) is 4.34 Å². The largest absolute Gasteiger partial charge is 0.496 e. The number of thioether (sulfide) groups is 1. The number of rotatable bonds is 6. The number of hydrogen-bond acceptors (Lipinski definition) is 7. The summed E-state index contributed by atoms with van der Waals surface area (Å²) in [5, 5.41) is 18.0. The van der Waals surface area contributed by atoms with Gasteiger partial charge < -0.3 is 14.7 Å². The van der Waals surface area contributed by atoms with Crippen molar-refractivity contribution in [1.29, 1.82) is 0 Å². The molecule has 1 aromatic heterocycles. The summed E-state index contributed by atoms with van der Waals surface area (Å²) in [5.41, 5.74) is 1.07. The Bertz CT molecular complexity index is 643. The fraction of sp³-hybridized carbons (Fsp3) is 0.308. The molecule has 2 aromatic rings. The van der Waals surface area contributed by atoms with Crippen molar-refractivity contribution in [2.24, 2.45) is 0 Å². The Morgan fingerprint density at radius 1 is 1.43 bits per heavy atom. The number of aromatic nitrogens is 2. The first kappa shape index (κ1) is 15.6. The molecule has 0 unspecified atom stereocenters. The van der Waals surface area contributed by atoms with E-state index in [1.54, 1.807) is 19.2 Å². The normalized spacial score (nSPS) is 10.4. The number of anilines is 1. The standard InChI is InChI=1S/C13H15N3O3S2/c1-16(2)12-14-15-13(21-12)20-7-9-6-8(11(17)18)4-5-10(9)19-3/h4-6H,7H2,1-3H3,(H,17,18). The van der Waals surface area contributed by atoms with Crippen molar-refractivity contribution >= 4 is 34.2 Å². The van der Waals surface area contributed by atoms with Crippen LogP contribution in [-0.2, 0) is 5.75 Å². The lowest BCUT2D eigenvalue weighted by Gasteiger charge is -2.08. The Morgan fingerprint density at radius 2 is 2.19 bits per heavy atom. The number of methoxy groups -OCH3 is 1. The molecule has 2 rings (SSSR count). The Morgan fingerprint density at radius 3 is 2.76 bits per heavy atom. The lowest BCUT2D eigenvalue weighted by atomic mass is 10.1. The molecular weight excluding hydrogens is 310 g/mol. The zero-order valence-electron chi connectivity index (χ0n) is 11.9. The van der Waals surface area contributed by atoms with Gasteiger partial charge in [0.25, 0.3) is 0 Å². The number of carboxylic acid groups (broad SMARTS) is 1. The number of carboxylic acids is 1. The highest BCUT2D eigenvalue weighted by Crippen LogP contribution is 2.32. The monoisotopic (exact) mass is 325 g/mol. The minimum Gasteiger partial charge on any atom is -0.496 e. The fourth-order valence-electron chi connectivity index (χ4n) is 1.61. The molecule has 0 bridgehead atoms. The van der Waals surface area contributed by atoms with Crippen LogP contribution in [-0.4, -0.2) is 42.5 Å². The summed E-state index contributed by atoms with van der Waals surface area (Å²) < 4.78 is 6.10. The van der Waals surface area contributed by atoms with Crippen LogP contribution in [0.2, 0.25) is 0 Å². The van der Waals surface area contributed by atoms with E-state index in [0.717, 1.165) is 15.0 Å². The summed E-state index contributed by atoms with van der Waals surface area (Å²) in [4.78, 5) is 12.9. The van der Waals surface area contributed by atoms with Crippen molar-refractivity contribution in [2.45, 2.75) is 10.1 Å². The maximum Gasteiger partial charge on any atom is 0.335 e. The van der Waals surface area contributed by atoms with E-state index in [1.807, 2.05) is 19.0 Å². The maximum atomic E-state index is 11.0. The molecule has 6 nitrogen and oxygen atoms in total. The molecule has 21 heavy (non-hydrogen) atoms. The molecule has 1 N–H and O–H groups in total. The fourth-order valence-corrected chi connectivity index (χ4v) is 3.35. The minimum atomic E-state index is -0.949. The first-order valence-electron chi connectivity index (χ1n) is 6.05. The van der Waals surface area contributed by atoms with E-state index >= 15 is 0 Å². The van der Waals surface area contributed by atoms with Gasteiger partial charge in [-0.05, 0) is 18.2 Å². The molecule has 0 amide bonds. The molecule has 0 aliphatic rings. The Kier molecular flexibility index (Phi) is 5.03. The third kappa shape index (κ3) is 3.85. The van der Waals surface area contributed by atoms with Crippen LogP contribution in [0.25, 0.3) is 0 Å². The first-order chi connectivity index (χ1) is 10.0. The second-order valence-electron chi connectivity index (χ2n) is 4.37. The van der Waals surface area contributed by atoms with Crippen LogP contribution < -0.4 is 9.64 Å². The first-order valence-corrected chi connectivity index (χ1v) is 7.85. The van der Waals surface area contributed by atoms with Gasteiger partial charge in [0.05, 0.1) is 12.7 Å². The van der Waals surface area contributed by atoms with E-state index in [0.29, 0.717) is 11.5 Å². The second kappa shape index (κ2) is 6.77. The van der Waals surface area contributed by atoms with Crippen LogP contribution in [0.15, 0.2) is 22.5 Å². The topological polar surface area (TPSA) is 75.5 Å². The summed E-state index contributed by atoms with van der Waals surface area (Å²) in [6.07, 6.45) is 0. The number of hydrogen-bond donors (Lipinski definition) is 1. The van der Waals surface area contributed by atoms with Gasteiger partial charge >= 0.3 is 5.97 Å². The number of nitrogens with zero attached hydrogens (tertiary/aromatic N) is 3. The van der Waals surface area contributed by atoms with E-state index < -0.39 is 5.97 Å². The molecule has 0 spiro atoms. The van der Waals surface area contributed by atoms with Gasteiger partial charge in [-0.1, -0.05) is 23.1 Å². The molecule has 1 heterocycles. The number of ether oxygens (including phenoxy) is 1. The zero-order chi connectivity index (χ0) is 15.4. The van der Waals surface area contributed by atoms with Crippen molar-refractivity contribution < 1.29 is 14.6 Å². The van der Waals surface area contributed by atoms with Crippen molar-refractivity contribution in [2.75, 3.05) is 26.1 Å². The van der Waals surface area contributed by atoms with Gasteiger partial charge in [-0.15, -0.1) is 10.2 Å². The van der Waals surface area contributed by atoms with Crippen LogP contribution in [0.1, 0.15) is 15.9 Å². The predicted octanol–water partition coefficient (Wildman–Crippen LogP) is 2.60. The third-order valence-electron chi connectivity index (χ3n) is 2.66. The van der Waals surface area contributed by atoms with Crippen molar-refractivity contribution in [3.8, 4) is 5.75 Å². The second-order valence-corrected chi connectivity index (χ2v) is 6.54. The molecule has 0 aliphatic heterocycles. The van der Waals surface area contributed by atoms with Crippen LogP contribution in [0, 0.1) is 0 Å². The molecule has 8 heteroatoms. The van der Waals surface area contributed by atoms with Gasteiger partial charge in [0.2, 0.25) is 5.13 Å². The average Bonchev–Trinajstić information content (AvgIpc) is 2.93. The summed E-state index contributed by atoms with van der Waals surface area (Å²) in [6.45, 7) is 0. The smallest absolute Gasteiger partial charge is 0.335 e. The minimum absolute atomic E-state index is 0.248. The Balaban J connectivity index is 2.14. The van der Waals surface area contributed by atoms with E-state index in [1.165, 1.54) is 29.2 Å². The summed E-state index contributed by atoms with van der Waals surface area (Å²) in [6, 6.07) is 4.83. The van der Waals surface area contributed by atoms with E-state index in [-0.39, 0.29) is 5.56 Å². The van der Waals surface area contributed by atoms with Gasteiger partial charge in [0.1, 0.15) is 5.75 Å². The summed E-state index contributed by atoms with van der Waals surface area (Å²) in [5.74, 6) is 0.298. The molecule has 0 fully saturated rings. The van der Waals surface area contributed by atoms with Gasteiger partial charge in [0, 0.05) is 25.4 Å². The van der Waals surface area contributed by atoms with Crippen molar-refractivity contribution in [1.82, 2.24) is 10.2 Å². The molecule has 0 radical (unpaired) electrons. The number of benzene rings is 1. The molecule has 0 atom stereocenters. The van der Waals surface area contributed by atoms with Gasteiger partial charge in [-0.25, -0.2) is 4.79 Å². The SMILES string of the molecule is COc1ccc(C(=O)O)cc1CSc1nnc(N(C)C)s1. The highest BCUT2D eigenvalue weighted by molar-refractivity contribution is 8.00. The van der Waals surface area contributed by atoms with E-state index in [9.17, 15) is 4.79 Å².